The minimum absolute atomic E-state index is 0.562. The first kappa shape index (κ1) is 24.9. The first-order valence-corrected chi connectivity index (χ1v) is 13.7. The molecule has 2 aromatic carbocycles. The van der Waals surface area contributed by atoms with E-state index in [1.807, 2.05) is 30.7 Å². The van der Waals surface area contributed by atoms with Gasteiger partial charge in [0.15, 0.2) is 0 Å². The standard InChI is InChI=1S/C29H33IN6/c30-24-3-6-27-28(9-14-33-29(27)19-24)34-15-18-35-16-10-26(11-17-35)36(21-23-7-12-32-13-8-23)20-22-1-4-25(31)5-2-22/h1-9,12-14,19,26H,10-11,15-18,20-21,31H2,(H,33,34). The number of rotatable bonds is 9. The molecule has 0 atom stereocenters. The summed E-state index contributed by atoms with van der Waals surface area (Å²) in [5, 5.41) is 4.83. The van der Waals surface area contributed by atoms with Crippen LogP contribution in [0.3, 0.4) is 0 Å². The van der Waals surface area contributed by atoms with Crippen LogP contribution in [0, 0.1) is 3.57 Å². The topological polar surface area (TPSA) is 70.3 Å². The van der Waals surface area contributed by atoms with Crippen LogP contribution in [-0.4, -0.2) is 52.0 Å². The summed E-state index contributed by atoms with van der Waals surface area (Å²) in [7, 11) is 0. The summed E-state index contributed by atoms with van der Waals surface area (Å²) in [6, 6.07) is 21.6. The minimum atomic E-state index is 0.562. The van der Waals surface area contributed by atoms with Crippen molar-refractivity contribution in [3.63, 3.8) is 0 Å². The van der Waals surface area contributed by atoms with Crippen LogP contribution in [0.2, 0.25) is 0 Å². The second kappa shape index (κ2) is 12.0. The zero-order chi connectivity index (χ0) is 24.7. The minimum Gasteiger partial charge on any atom is -0.399 e. The summed E-state index contributed by atoms with van der Waals surface area (Å²) in [6.45, 7) is 6.09. The van der Waals surface area contributed by atoms with Crippen molar-refractivity contribution in [2.45, 2.75) is 32.0 Å². The summed E-state index contributed by atoms with van der Waals surface area (Å²) in [5.41, 5.74) is 11.6. The van der Waals surface area contributed by atoms with Crippen molar-refractivity contribution in [3.8, 4) is 0 Å². The van der Waals surface area contributed by atoms with Crippen molar-refractivity contribution in [3.05, 3.63) is 94.0 Å². The number of nitrogens with one attached hydrogen (secondary N) is 1. The quantitative estimate of drug-likeness (QED) is 0.201. The highest BCUT2D eigenvalue weighted by Crippen LogP contribution is 2.24. The van der Waals surface area contributed by atoms with E-state index < -0.39 is 0 Å². The summed E-state index contributed by atoms with van der Waals surface area (Å²) in [4.78, 5) is 13.9. The van der Waals surface area contributed by atoms with Gasteiger partial charge in [-0.05, 0) is 108 Å². The van der Waals surface area contributed by atoms with Crippen molar-refractivity contribution in [2.24, 2.45) is 0 Å². The predicted molar refractivity (Wildman–Crippen MR) is 157 cm³/mol. The van der Waals surface area contributed by atoms with E-state index in [9.17, 15) is 0 Å². The van der Waals surface area contributed by atoms with Gasteiger partial charge >= 0.3 is 0 Å². The Kier molecular flexibility index (Phi) is 8.30. The molecule has 0 unspecified atom stereocenters. The SMILES string of the molecule is Nc1ccc(CN(Cc2ccncc2)C2CCN(CCNc3ccnc4cc(I)ccc34)CC2)cc1. The maximum Gasteiger partial charge on any atom is 0.0733 e. The van der Waals surface area contributed by atoms with Gasteiger partial charge in [-0.1, -0.05) is 12.1 Å². The molecule has 1 aliphatic heterocycles. The molecule has 0 bridgehead atoms. The Hall–Kier alpha value is -2.75. The Bertz CT molecular complexity index is 1260. The number of nitrogen functional groups attached to an aromatic ring is 1. The van der Waals surface area contributed by atoms with Gasteiger partial charge in [-0.2, -0.15) is 0 Å². The molecule has 186 valence electrons. The molecule has 0 saturated carbocycles. The predicted octanol–water partition coefficient (Wildman–Crippen LogP) is 5.40. The van der Waals surface area contributed by atoms with Crippen molar-refractivity contribution in [1.29, 1.82) is 0 Å². The number of nitrogens with two attached hydrogens (primary N) is 1. The summed E-state index contributed by atoms with van der Waals surface area (Å²) in [6.07, 6.45) is 8.02. The van der Waals surface area contributed by atoms with Gasteiger partial charge in [-0.15, -0.1) is 0 Å². The van der Waals surface area contributed by atoms with E-state index in [0.717, 1.165) is 50.5 Å². The Morgan fingerprint density at radius 3 is 2.39 bits per heavy atom. The molecule has 36 heavy (non-hydrogen) atoms. The van der Waals surface area contributed by atoms with Crippen molar-refractivity contribution in [2.75, 3.05) is 37.2 Å². The van der Waals surface area contributed by atoms with Gasteiger partial charge in [0.05, 0.1) is 5.52 Å². The molecule has 5 rings (SSSR count). The number of hydrogen-bond acceptors (Lipinski definition) is 6. The average molecular weight is 593 g/mol. The first-order valence-electron chi connectivity index (χ1n) is 12.6. The molecule has 3 N–H and O–H groups in total. The van der Waals surface area contributed by atoms with E-state index >= 15 is 0 Å². The van der Waals surface area contributed by atoms with Crippen molar-refractivity contribution >= 4 is 44.9 Å². The normalized spacial score (nSPS) is 14.9. The highest BCUT2D eigenvalue weighted by atomic mass is 127. The number of anilines is 2. The molecular weight excluding hydrogens is 559 g/mol. The van der Waals surface area contributed by atoms with E-state index in [-0.39, 0.29) is 0 Å². The van der Waals surface area contributed by atoms with Crippen LogP contribution in [0.1, 0.15) is 24.0 Å². The van der Waals surface area contributed by atoms with E-state index in [1.54, 1.807) is 0 Å². The second-order valence-corrected chi connectivity index (χ2v) is 10.8. The van der Waals surface area contributed by atoms with Gasteiger partial charge in [0, 0.05) is 71.1 Å². The Labute approximate surface area is 227 Å². The molecule has 2 aromatic heterocycles. The summed E-state index contributed by atoms with van der Waals surface area (Å²) >= 11 is 2.34. The fourth-order valence-electron chi connectivity index (χ4n) is 5.03. The highest BCUT2D eigenvalue weighted by molar-refractivity contribution is 14.1. The lowest BCUT2D eigenvalue weighted by Crippen LogP contribution is -2.45. The molecular formula is C29H33IN6. The van der Waals surface area contributed by atoms with Crippen LogP contribution in [0.15, 0.2) is 79.3 Å². The summed E-state index contributed by atoms with van der Waals surface area (Å²) < 4.78 is 1.21. The molecule has 0 radical (unpaired) electrons. The number of nitrogens with zero attached hydrogens (tertiary/aromatic N) is 4. The third kappa shape index (κ3) is 6.52. The number of pyridine rings is 2. The van der Waals surface area contributed by atoms with Gasteiger partial charge in [0.25, 0.3) is 0 Å². The molecule has 0 spiro atoms. The maximum absolute atomic E-state index is 5.91. The van der Waals surface area contributed by atoms with Gasteiger partial charge in [0.2, 0.25) is 0 Å². The van der Waals surface area contributed by atoms with Gasteiger partial charge in [0.1, 0.15) is 0 Å². The van der Waals surface area contributed by atoms with E-state index in [1.165, 1.54) is 38.6 Å². The molecule has 1 saturated heterocycles. The number of aromatic nitrogens is 2. The smallest absolute Gasteiger partial charge is 0.0733 e. The monoisotopic (exact) mass is 592 g/mol. The second-order valence-electron chi connectivity index (χ2n) is 9.52. The first-order chi connectivity index (χ1) is 17.6. The number of hydrogen-bond donors (Lipinski definition) is 2. The van der Waals surface area contributed by atoms with Crippen LogP contribution in [0.4, 0.5) is 11.4 Å². The lowest BCUT2D eigenvalue weighted by Gasteiger charge is -2.39. The third-order valence-corrected chi connectivity index (χ3v) is 7.69. The Balaban J connectivity index is 1.16. The van der Waals surface area contributed by atoms with Crippen LogP contribution in [0.25, 0.3) is 10.9 Å². The van der Waals surface area contributed by atoms with E-state index in [4.69, 9.17) is 5.73 Å². The largest absolute Gasteiger partial charge is 0.399 e. The fourth-order valence-corrected chi connectivity index (χ4v) is 5.50. The van der Waals surface area contributed by atoms with Gasteiger partial charge in [-0.25, -0.2) is 0 Å². The molecule has 3 heterocycles. The fraction of sp³-hybridized carbons (Fsp3) is 0.310. The zero-order valence-electron chi connectivity index (χ0n) is 20.5. The Morgan fingerprint density at radius 1 is 0.917 bits per heavy atom. The molecule has 1 aliphatic rings. The molecule has 0 amide bonds. The van der Waals surface area contributed by atoms with Crippen molar-refractivity contribution in [1.82, 2.24) is 19.8 Å². The van der Waals surface area contributed by atoms with Gasteiger partial charge < -0.3 is 16.0 Å². The molecule has 0 aliphatic carbocycles. The maximum atomic E-state index is 5.91. The number of fused-ring (bicyclic) bond motifs is 1. The van der Waals surface area contributed by atoms with Crippen LogP contribution >= 0.6 is 22.6 Å². The zero-order valence-corrected chi connectivity index (χ0v) is 22.6. The van der Waals surface area contributed by atoms with Crippen LogP contribution < -0.4 is 11.1 Å². The van der Waals surface area contributed by atoms with E-state index in [2.05, 4.69) is 96.2 Å². The van der Waals surface area contributed by atoms with Crippen molar-refractivity contribution < 1.29 is 0 Å². The molecule has 7 heteroatoms. The van der Waals surface area contributed by atoms with Gasteiger partial charge in [-0.3, -0.25) is 14.9 Å². The number of benzene rings is 2. The molecule has 6 nitrogen and oxygen atoms in total. The number of piperidine rings is 1. The average Bonchev–Trinajstić information content (AvgIpc) is 2.90. The lowest BCUT2D eigenvalue weighted by atomic mass is 10.0. The van der Waals surface area contributed by atoms with E-state index in [0.29, 0.717) is 6.04 Å². The number of likely N-dealkylation sites (tertiary alicyclic amines) is 1. The summed E-state index contributed by atoms with van der Waals surface area (Å²) in [5.74, 6) is 0. The van der Waals surface area contributed by atoms with Crippen LogP contribution in [-0.2, 0) is 13.1 Å². The Morgan fingerprint density at radius 2 is 1.64 bits per heavy atom. The number of halogens is 1. The third-order valence-electron chi connectivity index (χ3n) is 7.02. The van der Waals surface area contributed by atoms with Crippen LogP contribution in [0.5, 0.6) is 0 Å². The lowest BCUT2D eigenvalue weighted by molar-refractivity contribution is 0.0984. The molecule has 4 aromatic rings. The molecule has 1 fully saturated rings. The highest BCUT2D eigenvalue weighted by Gasteiger charge is 2.25.